The maximum absolute atomic E-state index is 11.8. The van der Waals surface area contributed by atoms with Crippen molar-refractivity contribution in [2.24, 2.45) is 0 Å². The van der Waals surface area contributed by atoms with E-state index >= 15 is 0 Å². The molecule has 2 aromatic rings. The molecule has 20 heavy (non-hydrogen) atoms. The Balaban J connectivity index is 1.70. The summed E-state index contributed by atoms with van der Waals surface area (Å²) in [6.45, 7) is 1.34. The highest BCUT2D eigenvalue weighted by molar-refractivity contribution is 5.83. The first kappa shape index (κ1) is 12.8. The molecule has 0 spiro atoms. The van der Waals surface area contributed by atoms with Crippen LogP contribution in [0.4, 0.5) is 0 Å². The highest BCUT2D eigenvalue weighted by atomic mass is 16.2. The zero-order valence-electron chi connectivity index (χ0n) is 11.3. The Kier molecular flexibility index (Phi) is 3.47. The normalized spacial score (nSPS) is 18.8. The number of amides is 1. The second-order valence-electron chi connectivity index (χ2n) is 4.97. The minimum atomic E-state index is -0.111. The van der Waals surface area contributed by atoms with Gasteiger partial charge >= 0.3 is 0 Å². The molecule has 1 fully saturated rings. The van der Waals surface area contributed by atoms with Crippen molar-refractivity contribution in [3.8, 4) is 11.3 Å². The van der Waals surface area contributed by atoms with Crippen molar-refractivity contribution in [3.05, 3.63) is 36.0 Å². The first-order valence-electron chi connectivity index (χ1n) is 6.69. The van der Waals surface area contributed by atoms with Gasteiger partial charge in [0.2, 0.25) is 5.91 Å². The Morgan fingerprint density at radius 2 is 2.15 bits per heavy atom. The zero-order chi connectivity index (χ0) is 13.9. The van der Waals surface area contributed by atoms with Gasteiger partial charge in [0.05, 0.1) is 6.04 Å². The van der Waals surface area contributed by atoms with Crippen LogP contribution < -0.4 is 5.32 Å². The summed E-state index contributed by atoms with van der Waals surface area (Å²) in [6.07, 6.45) is 0.841. The molecular formula is C14H17N5O. The van der Waals surface area contributed by atoms with Crippen LogP contribution in [0.2, 0.25) is 0 Å². The quantitative estimate of drug-likeness (QED) is 0.862. The van der Waals surface area contributed by atoms with Gasteiger partial charge in [-0.15, -0.1) is 0 Å². The van der Waals surface area contributed by atoms with E-state index in [1.54, 1.807) is 4.90 Å². The molecule has 0 bridgehead atoms. The third kappa shape index (κ3) is 2.42. The molecule has 1 aliphatic rings. The molecule has 1 aromatic carbocycles. The number of benzene rings is 1. The zero-order valence-corrected chi connectivity index (χ0v) is 11.3. The van der Waals surface area contributed by atoms with E-state index in [1.807, 2.05) is 37.4 Å². The predicted molar refractivity (Wildman–Crippen MR) is 74.7 cm³/mol. The van der Waals surface area contributed by atoms with Crippen molar-refractivity contribution < 1.29 is 4.79 Å². The molecule has 104 valence electrons. The Hall–Kier alpha value is -2.21. The summed E-state index contributed by atoms with van der Waals surface area (Å²) >= 11 is 0. The standard InChI is InChI=1S/C14H17N5O/c1-19-8-7-11(14(19)20)15-9-12-13(17-18-16-12)10-5-3-2-4-6-10/h2-6,11,15H,7-9H2,1H3,(H,16,17,18). The fourth-order valence-corrected chi connectivity index (χ4v) is 2.43. The average Bonchev–Trinajstić information content (AvgIpc) is 3.07. The van der Waals surface area contributed by atoms with Crippen molar-refractivity contribution in [3.63, 3.8) is 0 Å². The van der Waals surface area contributed by atoms with Crippen LogP contribution in [-0.2, 0) is 11.3 Å². The van der Waals surface area contributed by atoms with Gasteiger partial charge in [0.25, 0.3) is 0 Å². The number of likely N-dealkylation sites (N-methyl/N-ethyl adjacent to an activating group) is 1. The highest BCUT2D eigenvalue weighted by Crippen LogP contribution is 2.19. The maximum atomic E-state index is 11.8. The molecule has 1 aromatic heterocycles. The lowest BCUT2D eigenvalue weighted by molar-refractivity contribution is -0.128. The number of likely N-dealkylation sites (tertiary alicyclic amines) is 1. The maximum Gasteiger partial charge on any atom is 0.239 e. The molecule has 1 aliphatic heterocycles. The molecule has 1 amide bonds. The van der Waals surface area contributed by atoms with E-state index < -0.39 is 0 Å². The van der Waals surface area contributed by atoms with Crippen LogP contribution in [-0.4, -0.2) is 45.9 Å². The van der Waals surface area contributed by atoms with Crippen molar-refractivity contribution in [1.29, 1.82) is 0 Å². The fraction of sp³-hybridized carbons (Fsp3) is 0.357. The van der Waals surface area contributed by atoms with Gasteiger partial charge in [0.1, 0.15) is 11.4 Å². The van der Waals surface area contributed by atoms with E-state index in [2.05, 4.69) is 20.7 Å². The van der Waals surface area contributed by atoms with Crippen LogP contribution >= 0.6 is 0 Å². The summed E-state index contributed by atoms with van der Waals surface area (Å²) in [5, 5.41) is 14.3. The van der Waals surface area contributed by atoms with Gasteiger partial charge in [0.15, 0.2) is 0 Å². The molecule has 1 saturated heterocycles. The minimum absolute atomic E-state index is 0.111. The van der Waals surface area contributed by atoms with Crippen molar-refractivity contribution in [2.45, 2.75) is 19.0 Å². The number of hydrogen-bond acceptors (Lipinski definition) is 4. The Labute approximate surface area is 117 Å². The van der Waals surface area contributed by atoms with E-state index in [0.717, 1.165) is 29.9 Å². The summed E-state index contributed by atoms with van der Waals surface area (Å²) in [7, 11) is 1.83. The van der Waals surface area contributed by atoms with Gasteiger partial charge in [0, 0.05) is 25.7 Å². The van der Waals surface area contributed by atoms with Gasteiger partial charge in [-0.1, -0.05) is 30.3 Å². The highest BCUT2D eigenvalue weighted by Gasteiger charge is 2.28. The molecular weight excluding hydrogens is 254 g/mol. The molecule has 3 rings (SSSR count). The first-order chi connectivity index (χ1) is 9.75. The molecule has 2 heterocycles. The van der Waals surface area contributed by atoms with E-state index in [-0.39, 0.29) is 11.9 Å². The summed E-state index contributed by atoms with van der Waals surface area (Å²) < 4.78 is 0. The Morgan fingerprint density at radius 1 is 1.35 bits per heavy atom. The average molecular weight is 271 g/mol. The lowest BCUT2D eigenvalue weighted by Crippen LogP contribution is -2.36. The molecule has 1 unspecified atom stereocenters. The van der Waals surface area contributed by atoms with Crippen LogP contribution in [0, 0.1) is 0 Å². The van der Waals surface area contributed by atoms with Gasteiger partial charge in [-0.05, 0) is 6.42 Å². The fourth-order valence-electron chi connectivity index (χ4n) is 2.43. The molecule has 0 saturated carbocycles. The third-order valence-corrected chi connectivity index (χ3v) is 3.61. The molecule has 1 atom stereocenters. The van der Waals surface area contributed by atoms with Crippen LogP contribution in [0.15, 0.2) is 30.3 Å². The number of H-pyrrole nitrogens is 1. The van der Waals surface area contributed by atoms with Crippen LogP contribution in [0.1, 0.15) is 12.1 Å². The van der Waals surface area contributed by atoms with Crippen molar-refractivity contribution >= 4 is 5.91 Å². The SMILES string of the molecule is CN1CCC(NCc2n[nH]nc2-c2ccccc2)C1=O. The van der Waals surface area contributed by atoms with E-state index in [0.29, 0.717) is 6.54 Å². The number of nitrogens with zero attached hydrogens (tertiary/aromatic N) is 3. The number of aromatic nitrogens is 3. The largest absolute Gasteiger partial charge is 0.344 e. The first-order valence-corrected chi connectivity index (χ1v) is 6.69. The number of carbonyl (C=O) groups is 1. The van der Waals surface area contributed by atoms with Gasteiger partial charge in [-0.25, -0.2) is 0 Å². The number of hydrogen-bond donors (Lipinski definition) is 2. The topological polar surface area (TPSA) is 73.9 Å². The summed E-state index contributed by atoms with van der Waals surface area (Å²) in [5.41, 5.74) is 2.68. The predicted octanol–water partition coefficient (Wildman–Crippen LogP) is 0.792. The van der Waals surface area contributed by atoms with Gasteiger partial charge in [-0.2, -0.15) is 15.4 Å². The van der Waals surface area contributed by atoms with E-state index in [1.165, 1.54) is 0 Å². The molecule has 0 aliphatic carbocycles. The second kappa shape index (κ2) is 5.42. The smallest absolute Gasteiger partial charge is 0.239 e. The van der Waals surface area contributed by atoms with Crippen molar-refractivity contribution in [2.75, 3.05) is 13.6 Å². The lowest BCUT2D eigenvalue weighted by atomic mass is 10.1. The number of nitrogens with one attached hydrogen (secondary N) is 2. The minimum Gasteiger partial charge on any atom is -0.344 e. The van der Waals surface area contributed by atoms with Gasteiger partial charge in [-0.3, -0.25) is 10.1 Å². The van der Waals surface area contributed by atoms with Crippen LogP contribution in [0.25, 0.3) is 11.3 Å². The Bertz CT molecular complexity index is 595. The molecule has 6 nitrogen and oxygen atoms in total. The van der Waals surface area contributed by atoms with E-state index in [4.69, 9.17) is 0 Å². The van der Waals surface area contributed by atoms with E-state index in [9.17, 15) is 4.79 Å². The van der Waals surface area contributed by atoms with Gasteiger partial charge < -0.3 is 4.90 Å². The number of aromatic amines is 1. The summed E-state index contributed by atoms with van der Waals surface area (Å²) in [4.78, 5) is 13.6. The molecule has 0 radical (unpaired) electrons. The summed E-state index contributed by atoms with van der Waals surface area (Å²) in [5.74, 6) is 0.148. The lowest BCUT2D eigenvalue weighted by Gasteiger charge is -2.11. The monoisotopic (exact) mass is 271 g/mol. The van der Waals surface area contributed by atoms with Crippen LogP contribution in [0.5, 0.6) is 0 Å². The van der Waals surface area contributed by atoms with Crippen molar-refractivity contribution in [1.82, 2.24) is 25.6 Å². The Morgan fingerprint density at radius 3 is 2.85 bits per heavy atom. The van der Waals surface area contributed by atoms with Crippen LogP contribution in [0.3, 0.4) is 0 Å². The third-order valence-electron chi connectivity index (χ3n) is 3.61. The molecule has 6 heteroatoms. The number of rotatable bonds is 4. The second-order valence-corrected chi connectivity index (χ2v) is 4.97. The molecule has 2 N–H and O–H groups in total. The number of carbonyl (C=O) groups excluding carboxylic acids is 1. The summed E-state index contributed by atoms with van der Waals surface area (Å²) in [6, 6.07) is 9.79.